The lowest BCUT2D eigenvalue weighted by atomic mass is 9.90. The van der Waals surface area contributed by atoms with E-state index in [1.807, 2.05) is 4.90 Å². The van der Waals surface area contributed by atoms with E-state index in [0.717, 1.165) is 57.7 Å². The second kappa shape index (κ2) is 8.75. The maximum atomic E-state index is 12.9. The summed E-state index contributed by atoms with van der Waals surface area (Å²) in [6.07, 6.45) is -1.97. The molecule has 1 N–H and O–H groups in total. The van der Waals surface area contributed by atoms with Gasteiger partial charge in [-0.25, -0.2) is 4.98 Å². The van der Waals surface area contributed by atoms with Crippen molar-refractivity contribution in [2.24, 2.45) is 5.92 Å². The average Bonchev–Trinajstić information content (AvgIpc) is 2.68. The van der Waals surface area contributed by atoms with Crippen LogP contribution in [0.1, 0.15) is 25.3 Å². The molecular formula is C19H29F3N4O. The number of pyridine rings is 1. The van der Waals surface area contributed by atoms with Crippen LogP contribution in [0.25, 0.3) is 0 Å². The maximum Gasteiger partial charge on any atom is 0.416 e. The standard InChI is InChI=1S/C19H29F3N4O/c1-2-24-9-11-25(12-10-24)14-17(27)15-4-7-26(8-5-15)18-13-16(3-6-23-18)19(20,21)22/h3,6,13,15,17,27H,2,4-5,7-12,14H2,1H3. The van der Waals surface area contributed by atoms with Gasteiger partial charge < -0.3 is 14.9 Å². The van der Waals surface area contributed by atoms with E-state index in [2.05, 4.69) is 21.7 Å². The Morgan fingerprint density at radius 1 is 1.11 bits per heavy atom. The van der Waals surface area contributed by atoms with Crippen molar-refractivity contribution in [3.63, 3.8) is 0 Å². The third-order valence-electron chi connectivity index (χ3n) is 5.84. The van der Waals surface area contributed by atoms with E-state index >= 15 is 0 Å². The lowest BCUT2D eigenvalue weighted by Crippen LogP contribution is -2.50. The minimum atomic E-state index is -4.35. The third-order valence-corrected chi connectivity index (χ3v) is 5.84. The van der Waals surface area contributed by atoms with Crippen molar-refractivity contribution in [3.8, 4) is 0 Å². The van der Waals surface area contributed by atoms with Crippen LogP contribution in [0.3, 0.4) is 0 Å². The van der Waals surface area contributed by atoms with Crippen molar-refractivity contribution in [2.75, 3.05) is 57.3 Å². The Balaban J connectivity index is 1.49. The SMILES string of the molecule is CCN1CCN(CC(O)C2CCN(c3cc(C(F)(F)F)ccn3)CC2)CC1. The summed E-state index contributed by atoms with van der Waals surface area (Å²) in [5.41, 5.74) is -0.666. The summed E-state index contributed by atoms with van der Waals surface area (Å²) in [5.74, 6) is 0.560. The van der Waals surface area contributed by atoms with Gasteiger partial charge in [0.15, 0.2) is 0 Å². The number of halogens is 3. The first kappa shape index (κ1) is 20.4. The molecule has 0 amide bonds. The molecule has 8 heteroatoms. The highest BCUT2D eigenvalue weighted by Gasteiger charge is 2.32. The van der Waals surface area contributed by atoms with Gasteiger partial charge >= 0.3 is 6.18 Å². The molecule has 0 spiro atoms. The number of anilines is 1. The Morgan fingerprint density at radius 2 is 1.74 bits per heavy atom. The molecule has 0 radical (unpaired) electrons. The average molecular weight is 386 g/mol. The number of piperazine rings is 1. The van der Waals surface area contributed by atoms with Crippen LogP contribution in [0, 0.1) is 5.92 Å². The summed E-state index contributed by atoms with van der Waals surface area (Å²) in [6.45, 7) is 9.22. The molecule has 5 nitrogen and oxygen atoms in total. The van der Waals surface area contributed by atoms with Crippen molar-refractivity contribution in [1.29, 1.82) is 0 Å². The van der Waals surface area contributed by atoms with Gasteiger partial charge in [-0.05, 0) is 37.4 Å². The minimum Gasteiger partial charge on any atom is -0.392 e. The van der Waals surface area contributed by atoms with Crippen LogP contribution >= 0.6 is 0 Å². The number of nitrogens with zero attached hydrogens (tertiary/aromatic N) is 4. The second-order valence-corrected chi connectivity index (χ2v) is 7.53. The Bertz CT molecular complexity index is 597. The molecule has 1 aromatic heterocycles. The number of aliphatic hydroxyl groups excluding tert-OH is 1. The van der Waals surface area contributed by atoms with Crippen LogP contribution in [0.4, 0.5) is 19.0 Å². The Labute approximate surface area is 158 Å². The van der Waals surface area contributed by atoms with Gasteiger partial charge in [-0.1, -0.05) is 6.92 Å². The molecule has 0 aliphatic carbocycles. The van der Waals surface area contributed by atoms with E-state index < -0.39 is 11.7 Å². The van der Waals surface area contributed by atoms with Crippen LogP contribution in [0.15, 0.2) is 18.3 Å². The third kappa shape index (κ3) is 5.33. The second-order valence-electron chi connectivity index (χ2n) is 7.53. The van der Waals surface area contributed by atoms with Gasteiger partial charge in [0.1, 0.15) is 5.82 Å². The first-order valence-electron chi connectivity index (χ1n) is 9.77. The fourth-order valence-corrected chi connectivity index (χ4v) is 3.98. The molecule has 27 heavy (non-hydrogen) atoms. The van der Waals surface area contributed by atoms with Crippen LogP contribution in [0.5, 0.6) is 0 Å². The zero-order valence-electron chi connectivity index (χ0n) is 15.8. The number of alkyl halides is 3. The molecule has 1 aromatic rings. The number of aromatic nitrogens is 1. The lowest BCUT2D eigenvalue weighted by Gasteiger charge is -2.39. The number of hydrogen-bond donors (Lipinski definition) is 1. The Kier molecular flexibility index (Phi) is 6.60. The monoisotopic (exact) mass is 386 g/mol. The number of likely N-dealkylation sites (N-methyl/N-ethyl adjacent to an activating group) is 1. The normalized spacial score (nSPS) is 22.2. The minimum absolute atomic E-state index is 0.191. The Hall–Kier alpha value is -1.38. The van der Waals surface area contributed by atoms with Crippen LogP contribution in [-0.4, -0.2) is 78.4 Å². The van der Waals surface area contributed by atoms with Crippen molar-refractivity contribution in [2.45, 2.75) is 32.0 Å². The van der Waals surface area contributed by atoms with Gasteiger partial charge in [0.25, 0.3) is 0 Å². The van der Waals surface area contributed by atoms with Gasteiger partial charge in [-0.3, -0.25) is 4.90 Å². The van der Waals surface area contributed by atoms with E-state index in [1.54, 1.807) is 0 Å². The van der Waals surface area contributed by atoms with Crippen LogP contribution < -0.4 is 4.90 Å². The first-order valence-corrected chi connectivity index (χ1v) is 9.77. The predicted octanol–water partition coefficient (Wildman–Crippen LogP) is 2.32. The molecular weight excluding hydrogens is 357 g/mol. The van der Waals surface area contributed by atoms with Crippen molar-refractivity contribution in [1.82, 2.24) is 14.8 Å². The fraction of sp³-hybridized carbons (Fsp3) is 0.737. The van der Waals surface area contributed by atoms with Crippen LogP contribution in [0.2, 0.25) is 0 Å². The zero-order valence-corrected chi connectivity index (χ0v) is 15.8. The zero-order chi connectivity index (χ0) is 19.4. The predicted molar refractivity (Wildman–Crippen MR) is 98.7 cm³/mol. The maximum absolute atomic E-state index is 12.9. The lowest BCUT2D eigenvalue weighted by molar-refractivity contribution is -0.137. The summed E-state index contributed by atoms with van der Waals surface area (Å²) in [6, 6.07) is 2.11. The molecule has 2 saturated heterocycles. The summed E-state index contributed by atoms with van der Waals surface area (Å²) >= 11 is 0. The topological polar surface area (TPSA) is 42.8 Å². The molecule has 0 aromatic carbocycles. The molecule has 0 saturated carbocycles. The molecule has 1 unspecified atom stereocenters. The van der Waals surface area contributed by atoms with Crippen molar-refractivity contribution < 1.29 is 18.3 Å². The van der Waals surface area contributed by atoms with Crippen molar-refractivity contribution >= 4 is 5.82 Å². The summed E-state index contributed by atoms with van der Waals surface area (Å²) < 4.78 is 38.7. The highest BCUT2D eigenvalue weighted by atomic mass is 19.4. The van der Waals surface area contributed by atoms with Gasteiger partial charge in [0.05, 0.1) is 11.7 Å². The molecule has 3 heterocycles. The van der Waals surface area contributed by atoms with E-state index in [4.69, 9.17) is 0 Å². The van der Waals surface area contributed by atoms with E-state index in [0.29, 0.717) is 25.5 Å². The molecule has 152 valence electrons. The first-order chi connectivity index (χ1) is 12.9. The van der Waals surface area contributed by atoms with Crippen LogP contribution in [-0.2, 0) is 6.18 Å². The fourth-order valence-electron chi connectivity index (χ4n) is 3.98. The quantitative estimate of drug-likeness (QED) is 0.841. The van der Waals surface area contributed by atoms with Gasteiger partial charge in [0.2, 0.25) is 0 Å². The van der Waals surface area contributed by atoms with Gasteiger partial charge in [-0.2, -0.15) is 13.2 Å². The molecule has 0 bridgehead atoms. The van der Waals surface area contributed by atoms with E-state index in [1.165, 1.54) is 6.20 Å². The molecule has 2 aliphatic heterocycles. The summed E-state index contributed by atoms with van der Waals surface area (Å²) in [7, 11) is 0. The van der Waals surface area contributed by atoms with Crippen molar-refractivity contribution in [3.05, 3.63) is 23.9 Å². The van der Waals surface area contributed by atoms with Gasteiger partial charge in [0, 0.05) is 52.0 Å². The van der Waals surface area contributed by atoms with E-state index in [-0.39, 0.29) is 12.0 Å². The number of piperidine rings is 1. The molecule has 2 fully saturated rings. The Morgan fingerprint density at radius 3 is 2.33 bits per heavy atom. The summed E-state index contributed by atoms with van der Waals surface area (Å²) in [5, 5.41) is 10.6. The van der Waals surface area contributed by atoms with Gasteiger partial charge in [-0.15, -0.1) is 0 Å². The largest absolute Gasteiger partial charge is 0.416 e. The molecule has 1 atom stereocenters. The number of aliphatic hydroxyl groups is 1. The molecule has 3 rings (SSSR count). The number of hydrogen-bond acceptors (Lipinski definition) is 5. The smallest absolute Gasteiger partial charge is 0.392 e. The summed E-state index contributed by atoms with van der Waals surface area (Å²) in [4.78, 5) is 10.7. The number of rotatable bonds is 5. The highest BCUT2D eigenvalue weighted by Crippen LogP contribution is 2.32. The number of β-amino-alcohol motifs (C(OH)–C–C–N with tert-alkyl or cyclic N) is 1. The highest BCUT2D eigenvalue weighted by molar-refractivity contribution is 5.42. The van der Waals surface area contributed by atoms with E-state index in [9.17, 15) is 18.3 Å². The molecule has 2 aliphatic rings.